The van der Waals surface area contributed by atoms with Gasteiger partial charge in [0.05, 0.1) is 0 Å². The van der Waals surface area contributed by atoms with E-state index in [1.165, 1.54) is 38.8 Å². The monoisotopic (exact) mass is 165 g/mol. The smallest absolute Gasteiger partial charge is 0.00386 e. The van der Waals surface area contributed by atoms with E-state index >= 15 is 0 Å². The Morgan fingerprint density at radius 3 is 2.83 bits per heavy atom. The topological polar surface area (TPSA) is 3.24 Å². The second-order valence-electron chi connectivity index (χ2n) is 4.75. The van der Waals surface area contributed by atoms with Crippen molar-refractivity contribution in [2.45, 2.75) is 32.6 Å². The van der Waals surface area contributed by atoms with Crippen LogP contribution in [0.25, 0.3) is 0 Å². The normalized spacial score (nSPS) is 37.3. The molecule has 1 heterocycles. The van der Waals surface area contributed by atoms with E-state index in [0.717, 1.165) is 0 Å². The second-order valence-corrected chi connectivity index (χ2v) is 4.75. The van der Waals surface area contributed by atoms with Crippen LogP contribution >= 0.6 is 0 Å². The third-order valence-electron chi connectivity index (χ3n) is 3.45. The lowest BCUT2D eigenvalue weighted by Gasteiger charge is -2.32. The Morgan fingerprint density at radius 1 is 1.42 bits per heavy atom. The molecule has 0 amide bonds. The third kappa shape index (κ3) is 1.42. The fourth-order valence-corrected chi connectivity index (χ4v) is 2.88. The maximum atomic E-state index is 2.48. The van der Waals surface area contributed by atoms with Gasteiger partial charge in [-0.3, -0.25) is 0 Å². The van der Waals surface area contributed by atoms with E-state index < -0.39 is 0 Å². The predicted molar refractivity (Wildman–Crippen MR) is 52.2 cm³/mol. The highest BCUT2D eigenvalue weighted by molar-refractivity contribution is 5.10. The van der Waals surface area contributed by atoms with Gasteiger partial charge in [0.1, 0.15) is 0 Å². The first-order chi connectivity index (χ1) is 5.70. The molecule has 0 saturated carbocycles. The van der Waals surface area contributed by atoms with Gasteiger partial charge in [0.15, 0.2) is 0 Å². The molecular weight excluding hydrogens is 146 g/mol. The Kier molecular flexibility index (Phi) is 1.99. The van der Waals surface area contributed by atoms with Gasteiger partial charge in [-0.25, -0.2) is 0 Å². The van der Waals surface area contributed by atoms with Crippen LogP contribution in [0.2, 0.25) is 0 Å². The molecule has 1 saturated heterocycles. The minimum Gasteiger partial charge on any atom is -0.306 e. The number of likely N-dealkylation sites (tertiary alicyclic amines) is 1. The molecule has 1 fully saturated rings. The summed E-state index contributed by atoms with van der Waals surface area (Å²) >= 11 is 0. The zero-order valence-electron chi connectivity index (χ0n) is 8.27. The van der Waals surface area contributed by atoms with Gasteiger partial charge in [-0.1, -0.05) is 11.6 Å². The van der Waals surface area contributed by atoms with Gasteiger partial charge in [0.2, 0.25) is 0 Å². The Balaban J connectivity index is 2.08. The highest BCUT2D eigenvalue weighted by Crippen LogP contribution is 2.42. The second kappa shape index (κ2) is 2.88. The zero-order valence-corrected chi connectivity index (χ0v) is 8.27. The van der Waals surface area contributed by atoms with Crippen LogP contribution in [-0.2, 0) is 0 Å². The summed E-state index contributed by atoms with van der Waals surface area (Å²) < 4.78 is 0. The van der Waals surface area contributed by atoms with Crippen molar-refractivity contribution in [2.24, 2.45) is 5.41 Å². The van der Waals surface area contributed by atoms with Crippen LogP contribution < -0.4 is 0 Å². The van der Waals surface area contributed by atoms with Gasteiger partial charge < -0.3 is 4.90 Å². The Labute approximate surface area is 75.4 Å². The lowest BCUT2D eigenvalue weighted by atomic mass is 9.74. The van der Waals surface area contributed by atoms with Crippen LogP contribution in [0.3, 0.4) is 0 Å². The van der Waals surface area contributed by atoms with Crippen molar-refractivity contribution in [3.63, 3.8) is 0 Å². The summed E-state index contributed by atoms with van der Waals surface area (Å²) in [5, 5.41) is 0. The zero-order chi connectivity index (χ0) is 8.60. The van der Waals surface area contributed by atoms with E-state index in [0.29, 0.717) is 5.41 Å². The summed E-state index contributed by atoms with van der Waals surface area (Å²) in [5.41, 5.74) is 2.30. The Bertz CT molecular complexity index is 207. The van der Waals surface area contributed by atoms with Crippen LogP contribution in [0.15, 0.2) is 11.6 Å². The summed E-state index contributed by atoms with van der Waals surface area (Å²) in [6, 6.07) is 0. The molecule has 1 heteroatoms. The third-order valence-corrected chi connectivity index (χ3v) is 3.45. The summed E-state index contributed by atoms with van der Waals surface area (Å²) in [6.07, 6.45) is 7.95. The average molecular weight is 165 g/mol. The number of hydrogen-bond acceptors (Lipinski definition) is 1. The van der Waals surface area contributed by atoms with Crippen molar-refractivity contribution in [3.05, 3.63) is 11.6 Å². The first-order valence-electron chi connectivity index (χ1n) is 5.04. The van der Waals surface area contributed by atoms with E-state index in [-0.39, 0.29) is 0 Å². The molecule has 0 aromatic rings. The van der Waals surface area contributed by atoms with Crippen molar-refractivity contribution in [1.29, 1.82) is 0 Å². The molecule has 1 spiro atoms. The molecule has 0 aromatic carbocycles. The van der Waals surface area contributed by atoms with Crippen LogP contribution in [0.4, 0.5) is 0 Å². The molecule has 0 aromatic heterocycles. The van der Waals surface area contributed by atoms with Crippen LogP contribution in [-0.4, -0.2) is 25.0 Å². The quantitative estimate of drug-likeness (QED) is 0.498. The van der Waals surface area contributed by atoms with E-state index in [1.54, 1.807) is 5.57 Å². The predicted octanol–water partition coefficient (Wildman–Crippen LogP) is 2.44. The van der Waals surface area contributed by atoms with Gasteiger partial charge in [-0.05, 0) is 51.6 Å². The summed E-state index contributed by atoms with van der Waals surface area (Å²) in [4.78, 5) is 2.48. The van der Waals surface area contributed by atoms with E-state index in [2.05, 4.69) is 24.9 Å². The molecule has 2 aliphatic rings. The molecule has 68 valence electrons. The molecule has 1 aliphatic heterocycles. The van der Waals surface area contributed by atoms with Crippen LogP contribution in [0, 0.1) is 5.41 Å². The number of rotatable bonds is 0. The number of hydrogen-bond donors (Lipinski definition) is 0. The molecule has 1 aliphatic carbocycles. The van der Waals surface area contributed by atoms with Crippen molar-refractivity contribution in [2.75, 3.05) is 20.1 Å². The van der Waals surface area contributed by atoms with Gasteiger partial charge in [-0.15, -0.1) is 0 Å². The molecule has 2 rings (SSSR count). The number of allylic oxidation sites excluding steroid dienone is 2. The fraction of sp³-hybridized carbons (Fsp3) is 0.818. The van der Waals surface area contributed by atoms with Gasteiger partial charge in [-0.2, -0.15) is 0 Å². The fourth-order valence-electron chi connectivity index (χ4n) is 2.88. The van der Waals surface area contributed by atoms with Crippen molar-refractivity contribution >= 4 is 0 Å². The minimum absolute atomic E-state index is 0.674. The Morgan fingerprint density at radius 2 is 2.25 bits per heavy atom. The average Bonchev–Trinajstić information content (AvgIpc) is 2.32. The van der Waals surface area contributed by atoms with E-state index in [9.17, 15) is 0 Å². The van der Waals surface area contributed by atoms with Crippen LogP contribution in [0.5, 0.6) is 0 Å². The maximum Gasteiger partial charge on any atom is 0.00386 e. The number of nitrogens with zero attached hydrogens (tertiary/aromatic N) is 1. The molecule has 1 unspecified atom stereocenters. The molecule has 12 heavy (non-hydrogen) atoms. The molecule has 0 radical (unpaired) electrons. The van der Waals surface area contributed by atoms with E-state index in [1.807, 2.05) is 0 Å². The lowest BCUT2D eigenvalue weighted by molar-refractivity contribution is 0.250. The molecule has 1 atom stereocenters. The maximum absolute atomic E-state index is 2.48. The van der Waals surface area contributed by atoms with E-state index in [4.69, 9.17) is 0 Å². The molecule has 1 nitrogen and oxygen atoms in total. The van der Waals surface area contributed by atoms with Crippen molar-refractivity contribution < 1.29 is 0 Å². The highest BCUT2D eigenvalue weighted by Gasteiger charge is 2.37. The Hall–Kier alpha value is -0.300. The first kappa shape index (κ1) is 8.31. The molecular formula is C11H19N. The minimum atomic E-state index is 0.674. The highest BCUT2D eigenvalue weighted by atomic mass is 15.1. The van der Waals surface area contributed by atoms with Crippen LogP contribution in [0.1, 0.15) is 32.6 Å². The van der Waals surface area contributed by atoms with Gasteiger partial charge >= 0.3 is 0 Å². The molecule has 0 N–H and O–H groups in total. The van der Waals surface area contributed by atoms with Crippen molar-refractivity contribution in [3.8, 4) is 0 Å². The van der Waals surface area contributed by atoms with Gasteiger partial charge in [0, 0.05) is 6.54 Å². The van der Waals surface area contributed by atoms with Crippen molar-refractivity contribution in [1.82, 2.24) is 4.90 Å². The summed E-state index contributed by atoms with van der Waals surface area (Å²) in [5.74, 6) is 0. The standard InChI is InChI=1S/C11H19N/c1-10-4-3-5-11(8-10)6-7-12(2)9-11/h4H,3,5-9H2,1-2H3. The summed E-state index contributed by atoms with van der Waals surface area (Å²) in [6.45, 7) is 4.94. The SMILES string of the molecule is CC1=CCCC2(CCN(C)C2)C1. The molecule has 0 bridgehead atoms. The summed E-state index contributed by atoms with van der Waals surface area (Å²) in [7, 11) is 2.25. The largest absolute Gasteiger partial charge is 0.306 e. The van der Waals surface area contributed by atoms with Gasteiger partial charge in [0.25, 0.3) is 0 Å². The lowest BCUT2D eigenvalue weighted by Crippen LogP contribution is -2.27. The first-order valence-corrected chi connectivity index (χ1v) is 5.04.